The Balaban J connectivity index is 0.00000144. The predicted octanol–water partition coefficient (Wildman–Crippen LogP) is 0.155. The molecule has 1 radical (unpaired) electrons. The molecule has 0 atom stereocenters. The van der Waals surface area contributed by atoms with Crippen molar-refractivity contribution in [2.24, 2.45) is 0 Å². The number of nitrogen functional groups attached to an aromatic ring is 1. The standard InChI is InChI=1S/C8H7NO3.Na/c9-6-4-2-1-3-5(6)7(10)8(11)12;/h1-4H,9H2,(H,11,12);. The third-order valence-corrected chi connectivity index (χ3v) is 1.40. The van der Waals surface area contributed by atoms with Gasteiger partial charge in [0.05, 0.1) is 5.56 Å². The average molecular weight is 188 g/mol. The van der Waals surface area contributed by atoms with Crippen LogP contribution >= 0.6 is 0 Å². The van der Waals surface area contributed by atoms with Gasteiger partial charge in [0, 0.05) is 35.2 Å². The van der Waals surface area contributed by atoms with E-state index in [1.807, 2.05) is 0 Å². The molecule has 0 amide bonds. The van der Waals surface area contributed by atoms with Gasteiger partial charge in [-0.15, -0.1) is 0 Å². The topological polar surface area (TPSA) is 80.4 Å². The van der Waals surface area contributed by atoms with Gasteiger partial charge in [0.25, 0.3) is 5.78 Å². The molecule has 0 fully saturated rings. The number of aliphatic carboxylic acids is 1. The second-order valence-corrected chi connectivity index (χ2v) is 2.22. The van der Waals surface area contributed by atoms with Crippen molar-refractivity contribution < 1.29 is 14.7 Å². The number of ketones is 1. The molecule has 0 heterocycles. The van der Waals surface area contributed by atoms with Crippen molar-refractivity contribution in [3.8, 4) is 0 Å². The van der Waals surface area contributed by atoms with Crippen LogP contribution in [0.25, 0.3) is 0 Å². The molecule has 3 N–H and O–H groups in total. The number of Topliss-reactive ketones (excluding diaryl/α,β-unsaturated/α-hetero) is 1. The molecule has 13 heavy (non-hydrogen) atoms. The first-order valence-electron chi connectivity index (χ1n) is 3.25. The fourth-order valence-electron chi connectivity index (χ4n) is 0.819. The summed E-state index contributed by atoms with van der Waals surface area (Å²) in [4.78, 5) is 21.1. The summed E-state index contributed by atoms with van der Waals surface area (Å²) in [5.41, 5.74) is 5.59. The zero-order chi connectivity index (χ0) is 9.14. The minimum Gasteiger partial charge on any atom is -0.475 e. The van der Waals surface area contributed by atoms with Crippen LogP contribution in [0.1, 0.15) is 10.4 Å². The maximum absolute atomic E-state index is 10.9. The first kappa shape index (κ1) is 12.2. The number of para-hydroxylation sites is 1. The number of carbonyl (C=O) groups excluding carboxylic acids is 1. The second kappa shape index (κ2) is 5.01. The Morgan fingerprint density at radius 3 is 2.23 bits per heavy atom. The van der Waals surface area contributed by atoms with Gasteiger partial charge in [0.2, 0.25) is 0 Å². The Morgan fingerprint density at radius 1 is 1.23 bits per heavy atom. The van der Waals surface area contributed by atoms with Gasteiger partial charge in [-0.1, -0.05) is 12.1 Å². The number of anilines is 1. The van der Waals surface area contributed by atoms with Crippen LogP contribution in [-0.2, 0) is 4.79 Å². The summed E-state index contributed by atoms with van der Waals surface area (Å²) in [6.45, 7) is 0. The molecule has 0 aromatic heterocycles. The van der Waals surface area contributed by atoms with E-state index in [9.17, 15) is 9.59 Å². The summed E-state index contributed by atoms with van der Waals surface area (Å²) in [6, 6.07) is 6.06. The van der Waals surface area contributed by atoms with Crippen LogP contribution in [0, 0.1) is 0 Å². The Labute approximate surface area is 97.0 Å². The minimum absolute atomic E-state index is 0. The van der Waals surface area contributed by atoms with Gasteiger partial charge >= 0.3 is 5.97 Å². The Kier molecular flexibility index (Phi) is 4.69. The summed E-state index contributed by atoms with van der Waals surface area (Å²) in [7, 11) is 0. The van der Waals surface area contributed by atoms with E-state index in [4.69, 9.17) is 10.8 Å². The summed E-state index contributed by atoms with van der Waals surface area (Å²) in [5.74, 6) is -2.47. The van der Waals surface area contributed by atoms with Crippen LogP contribution in [0.4, 0.5) is 5.69 Å². The average Bonchev–Trinajstić information content (AvgIpc) is 2.04. The third kappa shape index (κ3) is 2.84. The molecule has 4 nitrogen and oxygen atoms in total. The SMILES string of the molecule is Nc1ccccc1C(=O)C(=O)O.[Na]. The molecule has 0 aliphatic heterocycles. The summed E-state index contributed by atoms with van der Waals surface area (Å²) >= 11 is 0. The van der Waals surface area contributed by atoms with Crippen LogP contribution in [-0.4, -0.2) is 46.4 Å². The van der Waals surface area contributed by atoms with Crippen molar-refractivity contribution in [1.82, 2.24) is 0 Å². The van der Waals surface area contributed by atoms with E-state index in [2.05, 4.69) is 0 Å². The largest absolute Gasteiger partial charge is 0.475 e. The fourth-order valence-corrected chi connectivity index (χ4v) is 0.819. The molecule has 0 saturated heterocycles. The van der Waals surface area contributed by atoms with Gasteiger partial charge in [-0.25, -0.2) is 4.79 Å². The molecule has 1 aromatic rings. The maximum Gasteiger partial charge on any atom is 0.377 e. The van der Waals surface area contributed by atoms with Gasteiger partial charge in [-0.3, -0.25) is 4.79 Å². The summed E-state index contributed by atoms with van der Waals surface area (Å²) in [6.07, 6.45) is 0. The number of hydrogen-bond acceptors (Lipinski definition) is 3. The monoisotopic (exact) mass is 188 g/mol. The Bertz CT molecular complexity index is 338. The first-order chi connectivity index (χ1) is 5.63. The molecule has 0 bridgehead atoms. The van der Waals surface area contributed by atoms with Crippen LogP contribution in [0.2, 0.25) is 0 Å². The van der Waals surface area contributed by atoms with Crippen LogP contribution in [0.5, 0.6) is 0 Å². The quantitative estimate of drug-likeness (QED) is 0.300. The first-order valence-corrected chi connectivity index (χ1v) is 3.25. The molecule has 63 valence electrons. The van der Waals surface area contributed by atoms with Gasteiger partial charge < -0.3 is 10.8 Å². The molecular weight excluding hydrogens is 181 g/mol. The van der Waals surface area contributed by atoms with Crippen LogP contribution in [0.3, 0.4) is 0 Å². The third-order valence-electron chi connectivity index (χ3n) is 1.40. The second-order valence-electron chi connectivity index (χ2n) is 2.22. The van der Waals surface area contributed by atoms with Gasteiger partial charge in [-0.2, -0.15) is 0 Å². The van der Waals surface area contributed by atoms with Crippen molar-refractivity contribution >= 4 is 47.0 Å². The van der Waals surface area contributed by atoms with Crippen molar-refractivity contribution in [2.45, 2.75) is 0 Å². The van der Waals surface area contributed by atoms with Crippen molar-refractivity contribution in [3.05, 3.63) is 29.8 Å². The van der Waals surface area contributed by atoms with Crippen molar-refractivity contribution in [1.29, 1.82) is 0 Å². The Hall–Kier alpha value is -0.840. The Morgan fingerprint density at radius 2 is 1.77 bits per heavy atom. The zero-order valence-electron chi connectivity index (χ0n) is 7.15. The molecule has 0 saturated carbocycles. The van der Waals surface area contributed by atoms with Gasteiger partial charge in [0.1, 0.15) is 0 Å². The summed E-state index contributed by atoms with van der Waals surface area (Å²) < 4.78 is 0. The van der Waals surface area contributed by atoms with Gasteiger partial charge in [0.15, 0.2) is 0 Å². The molecule has 1 rings (SSSR count). The van der Waals surface area contributed by atoms with Crippen molar-refractivity contribution in [2.75, 3.05) is 5.73 Å². The number of carbonyl (C=O) groups is 2. The normalized spacial score (nSPS) is 8.62. The van der Waals surface area contributed by atoms with E-state index in [1.165, 1.54) is 12.1 Å². The number of rotatable bonds is 2. The number of nitrogens with two attached hydrogens (primary N) is 1. The molecule has 1 aromatic carbocycles. The molecule has 0 unspecified atom stereocenters. The van der Waals surface area contributed by atoms with E-state index in [0.717, 1.165) is 0 Å². The van der Waals surface area contributed by atoms with Crippen LogP contribution < -0.4 is 5.73 Å². The van der Waals surface area contributed by atoms with E-state index < -0.39 is 11.8 Å². The fraction of sp³-hybridized carbons (Fsp3) is 0. The zero-order valence-corrected chi connectivity index (χ0v) is 9.15. The molecule has 0 spiro atoms. The van der Waals surface area contributed by atoms with Crippen LogP contribution in [0.15, 0.2) is 24.3 Å². The van der Waals surface area contributed by atoms with E-state index >= 15 is 0 Å². The molecular formula is C8H7NNaO3. The number of carboxylic acid groups (broad SMARTS) is 1. The van der Waals surface area contributed by atoms with E-state index in [-0.39, 0.29) is 40.8 Å². The number of hydrogen-bond donors (Lipinski definition) is 2. The molecule has 0 aliphatic carbocycles. The van der Waals surface area contributed by atoms with E-state index in [1.54, 1.807) is 12.1 Å². The molecule has 5 heteroatoms. The predicted molar refractivity (Wildman–Crippen MR) is 48.6 cm³/mol. The van der Waals surface area contributed by atoms with E-state index in [0.29, 0.717) is 0 Å². The van der Waals surface area contributed by atoms with Crippen molar-refractivity contribution in [3.63, 3.8) is 0 Å². The molecule has 0 aliphatic rings. The minimum atomic E-state index is -1.49. The maximum atomic E-state index is 10.9. The smallest absolute Gasteiger partial charge is 0.377 e. The van der Waals surface area contributed by atoms with Gasteiger partial charge in [-0.05, 0) is 12.1 Å². The summed E-state index contributed by atoms with van der Waals surface area (Å²) in [5, 5.41) is 8.35. The number of benzene rings is 1. The number of carboxylic acids is 1.